The average molecular weight is 343 g/mol. The van der Waals surface area contributed by atoms with Gasteiger partial charge in [0.25, 0.3) is 0 Å². The number of halogens is 1. The Morgan fingerprint density at radius 3 is 2.70 bits per heavy atom. The smallest absolute Gasteiger partial charge is 0.172 e. The largest absolute Gasteiger partial charge is 0.503 e. The van der Waals surface area contributed by atoms with Crippen LogP contribution >= 0.6 is 15.9 Å². The first kappa shape index (κ1) is 15.6. The van der Waals surface area contributed by atoms with Crippen molar-refractivity contribution in [1.29, 1.82) is 0 Å². The van der Waals surface area contributed by atoms with E-state index in [0.29, 0.717) is 10.2 Å². The molecular weight excluding hydrogens is 320 g/mol. The van der Waals surface area contributed by atoms with Crippen molar-refractivity contribution in [1.82, 2.24) is 4.90 Å². The van der Waals surface area contributed by atoms with Gasteiger partial charge in [-0.1, -0.05) is 0 Å². The van der Waals surface area contributed by atoms with Crippen molar-refractivity contribution in [2.75, 3.05) is 26.7 Å². The van der Waals surface area contributed by atoms with Gasteiger partial charge < -0.3 is 15.6 Å². The van der Waals surface area contributed by atoms with Crippen LogP contribution in [0.25, 0.3) is 0 Å². The Hall–Kier alpha value is -0.780. The number of aromatic hydroxyl groups is 1. The molecule has 4 nitrogen and oxygen atoms in total. The summed E-state index contributed by atoms with van der Waals surface area (Å²) in [6.45, 7) is 3.92. The van der Waals surface area contributed by atoms with E-state index in [1.54, 1.807) is 7.11 Å². The lowest BCUT2D eigenvalue weighted by molar-refractivity contribution is 0.173. The molecule has 20 heavy (non-hydrogen) atoms. The lowest BCUT2D eigenvalue weighted by Gasteiger charge is -2.32. The van der Waals surface area contributed by atoms with E-state index in [9.17, 15) is 5.11 Å². The molecule has 1 heterocycles. The van der Waals surface area contributed by atoms with Gasteiger partial charge in [0.2, 0.25) is 0 Å². The molecule has 0 amide bonds. The first-order valence-electron chi connectivity index (χ1n) is 7.11. The summed E-state index contributed by atoms with van der Waals surface area (Å²) in [6.07, 6.45) is 3.60. The van der Waals surface area contributed by atoms with Crippen molar-refractivity contribution in [2.45, 2.75) is 25.8 Å². The predicted octanol–water partition coefficient (Wildman–Crippen LogP) is 2.72. The van der Waals surface area contributed by atoms with E-state index in [0.717, 1.165) is 44.1 Å². The molecule has 112 valence electrons. The van der Waals surface area contributed by atoms with Crippen molar-refractivity contribution in [3.05, 3.63) is 22.2 Å². The zero-order valence-electron chi connectivity index (χ0n) is 11.9. The number of methoxy groups -OCH3 is 1. The van der Waals surface area contributed by atoms with Crippen LogP contribution in [0.3, 0.4) is 0 Å². The van der Waals surface area contributed by atoms with Crippen LogP contribution in [0, 0.1) is 5.92 Å². The molecular formula is C15H23BrN2O2. The van der Waals surface area contributed by atoms with Crippen LogP contribution in [-0.2, 0) is 6.54 Å². The van der Waals surface area contributed by atoms with E-state index >= 15 is 0 Å². The van der Waals surface area contributed by atoms with Gasteiger partial charge >= 0.3 is 0 Å². The third-order valence-corrected chi connectivity index (χ3v) is 4.60. The predicted molar refractivity (Wildman–Crippen MR) is 84.0 cm³/mol. The minimum absolute atomic E-state index is 0.165. The number of ether oxygens (including phenoxy) is 1. The Bertz CT molecular complexity index is 446. The second-order valence-electron chi connectivity index (χ2n) is 5.43. The van der Waals surface area contributed by atoms with E-state index in [1.165, 1.54) is 12.8 Å². The van der Waals surface area contributed by atoms with Crippen LogP contribution in [0.5, 0.6) is 11.5 Å². The number of likely N-dealkylation sites (tertiary alicyclic amines) is 1. The maximum Gasteiger partial charge on any atom is 0.172 e. The van der Waals surface area contributed by atoms with E-state index in [4.69, 9.17) is 10.5 Å². The molecule has 2 rings (SSSR count). The highest BCUT2D eigenvalue weighted by atomic mass is 79.9. The van der Waals surface area contributed by atoms with Crippen molar-refractivity contribution >= 4 is 15.9 Å². The molecule has 0 aromatic heterocycles. The second-order valence-corrected chi connectivity index (χ2v) is 6.28. The number of rotatable bonds is 5. The molecule has 1 saturated heterocycles. The molecule has 1 fully saturated rings. The zero-order chi connectivity index (χ0) is 14.5. The van der Waals surface area contributed by atoms with Gasteiger partial charge in [0.15, 0.2) is 11.5 Å². The molecule has 0 aliphatic carbocycles. The lowest BCUT2D eigenvalue weighted by Crippen LogP contribution is -2.33. The van der Waals surface area contributed by atoms with Gasteiger partial charge in [0, 0.05) is 6.54 Å². The summed E-state index contributed by atoms with van der Waals surface area (Å²) >= 11 is 3.37. The van der Waals surface area contributed by atoms with Gasteiger partial charge in [-0.15, -0.1) is 0 Å². The Labute approximate surface area is 129 Å². The number of hydrogen-bond donors (Lipinski definition) is 2. The van der Waals surface area contributed by atoms with Crippen LogP contribution < -0.4 is 10.5 Å². The van der Waals surface area contributed by atoms with Crippen molar-refractivity contribution in [3.63, 3.8) is 0 Å². The summed E-state index contributed by atoms with van der Waals surface area (Å²) in [7, 11) is 1.57. The number of phenols is 1. The van der Waals surface area contributed by atoms with E-state index in [2.05, 4.69) is 20.8 Å². The van der Waals surface area contributed by atoms with Crippen LogP contribution in [0.2, 0.25) is 0 Å². The SMILES string of the molecule is COc1cc(CN2CCC(CCN)CC2)cc(Br)c1O. The van der Waals surface area contributed by atoms with Gasteiger partial charge in [-0.05, 0) is 78.4 Å². The molecule has 0 saturated carbocycles. The molecule has 5 heteroatoms. The normalized spacial score (nSPS) is 17.4. The fourth-order valence-electron chi connectivity index (χ4n) is 2.80. The monoisotopic (exact) mass is 342 g/mol. The Kier molecular flexibility index (Phi) is 5.69. The molecule has 0 radical (unpaired) electrons. The number of hydrogen-bond acceptors (Lipinski definition) is 4. The van der Waals surface area contributed by atoms with E-state index in [-0.39, 0.29) is 5.75 Å². The number of phenolic OH excluding ortho intramolecular Hbond substituents is 1. The number of nitrogens with zero attached hydrogens (tertiary/aromatic N) is 1. The first-order chi connectivity index (χ1) is 9.63. The summed E-state index contributed by atoms with van der Waals surface area (Å²) in [6, 6.07) is 3.87. The minimum Gasteiger partial charge on any atom is -0.503 e. The molecule has 0 atom stereocenters. The summed E-state index contributed by atoms with van der Waals surface area (Å²) < 4.78 is 5.88. The maximum atomic E-state index is 9.82. The Morgan fingerprint density at radius 2 is 2.10 bits per heavy atom. The third kappa shape index (κ3) is 3.87. The zero-order valence-corrected chi connectivity index (χ0v) is 13.5. The van der Waals surface area contributed by atoms with Crippen LogP contribution in [-0.4, -0.2) is 36.8 Å². The molecule has 1 aliphatic heterocycles. The first-order valence-corrected chi connectivity index (χ1v) is 7.91. The van der Waals surface area contributed by atoms with Crippen LogP contribution in [0.1, 0.15) is 24.8 Å². The highest BCUT2D eigenvalue weighted by Crippen LogP contribution is 2.35. The van der Waals surface area contributed by atoms with Gasteiger partial charge in [-0.25, -0.2) is 0 Å². The molecule has 1 aliphatic rings. The third-order valence-electron chi connectivity index (χ3n) is 4.00. The van der Waals surface area contributed by atoms with Gasteiger partial charge in [0.05, 0.1) is 11.6 Å². The Morgan fingerprint density at radius 1 is 1.40 bits per heavy atom. The molecule has 0 spiro atoms. The van der Waals surface area contributed by atoms with Gasteiger partial charge in [0.1, 0.15) is 0 Å². The lowest BCUT2D eigenvalue weighted by atomic mass is 9.93. The number of piperidine rings is 1. The fourth-order valence-corrected chi connectivity index (χ4v) is 3.29. The molecule has 3 N–H and O–H groups in total. The van der Waals surface area contributed by atoms with Crippen molar-refractivity contribution < 1.29 is 9.84 Å². The topological polar surface area (TPSA) is 58.7 Å². The number of benzene rings is 1. The maximum absolute atomic E-state index is 9.82. The second kappa shape index (κ2) is 7.29. The minimum atomic E-state index is 0.165. The number of nitrogens with two attached hydrogens (primary N) is 1. The van der Waals surface area contributed by atoms with Crippen molar-refractivity contribution in [2.24, 2.45) is 11.7 Å². The summed E-state index contributed by atoms with van der Waals surface area (Å²) in [5.74, 6) is 1.47. The molecule has 0 unspecified atom stereocenters. The Balaban J connectivity index is 1.96. The van der Waals surface area contributed by atoms with E-state index < -0.39 is 0 Å². The summed E-state index contributed by atoms with van der Waals surface area (Å²) in [5.41, 5.74) is 6.78. The molecule has 1 aromatic rings. The molecule has 0 bridgehead atoms. The quantitative estimate of drug-likeness (QED) is 0.863. The summed E-state index contributed by atoms with van der Waals surface area (Å²) in [4.78, 5) is 2.45. The van der Waals surface area contributed by atoms with Gasteiger partial charge in [-0.3, -0.25) is 4.90 Å². The molecule has 1 aromatic carbocycles. The average Bonchev–Trinajstić information content (AvgIpc) is 2.45. The van der Waals surface area contributed by atoms with E-state index in [1.807, 2.05) is 12.1 Å². The van der Waals surface area contributed by atoms with Crippen LogP contribution in [0.15, 0.2) is 16.6 Å². The fraction of sp³-hybridized carbons (Fsp3) is 0.600. The van der Waals surface area contributed by atoms with Gasteiger partial charge in [-0.2, -0.15) is 0 Å². The van der Waals surface area contributed by atoms with Crippen LogP contribution in [0.4, 0.5) is 0 Å². The highest BCUT2D eigenvalue weighted by molar-refractivity contribution is 9.10. The van der Waals surface area contributed by atoms with Crippen molar-refractivity contribution in [3.8, 4) is 11.5 Å². The summed E-state index contributed by atoms with van der Waals surface area (Å²) in [5, 5.41) is 9.82. The standard InChI is InChI=1S/C15H23BrN2O2/c1-20-14-9-12(8-13(16)15(14)19)10-18-6-3-11(2-5-17)4-7-18/h8-9,11,19H,2-7,10,17H2,1H3. The highest BCUT2D eigenvalue weighted by Gasteiger charge is 2.19.